The molecule has 8 heteroatoms. The smallest absolute Gasteiger partial charge is 0.414 e. The number of hydrogen-bond acceptors (Lipinski definition) is 6. The number of rotatable bonds is 12. The Bertz CT molecular complexity index is 564. The van der Waals surface area contributed by atoms with Crippen molar-refractivity contribution in [1.82, 2.24) is 5.32 Å². The van der Waals surface area contributed by atoms with E-state index in [0.29, 0.717) is 25.7 Å². The van der Waals surface area contributed by atoms with Crippen LogP contribution in [0.1, 0.15) is 37.3 Å². The number of methoxy groups -OCH3 is 1. The highest BCUT2D eigenvalue weighted by Crippen LogP contribution is 2.23. The lowest BCUT2D eigenvalue weighted by atomic mass is 9.98. The van der Waals surface area contributed by atoms with Gasteiger partial charge in [-0.25, -0.2) is 9.59 Å². The molecule has 160 valence electrons. The van der Waals surface area contributed by atoms with Gasteiger partial charge in [0.25, 0.3) is 0 Å². The fourth-order valence-corrected chi connectivity index (χ4v) is 2.32. The summed E-state index contributed by atoms with van der Waals surface area (Å²) in [5, 5.41) is 18.1. The van der Waals surface area contributed by atoms with Crippen molar-refractivity contribution < 1.29 is 34.0 Å². The summed E-state index contributed by atoms with van der Waals surface area (Å²) in [5.41, 5.74) is 2.66. The number of carbonyl (C=O) groups is 2. The monoisotopic (exact) mass is 399 g/mol. The molecule has 8 nitrogen and oxygen atoms in total. The topological polar surface area (TPSA) is 114 Å². The molecule has 28 heavy (non-hydrogen) atoms. The highest BCUT2D eigenvalue weighted by Gasteiger charge is 2.05. The second-order valence-corrected chi connectivity index (χ2v) is 6.34. The van der Waals surface area contributed by atoms with Crippen LogP contribution in [-0.2, 0) is 19.1 Å². The van der Waals surface area contributed by atoms with Gasteiger partial charge in [-0.05, 0) is 49.1 Å². The normalized spacial score (nSPS) is 10.3. The molecule has 0 bridgehead atoms. The zero-order valence-electron chi connectivity index (χ0n) is 17.2. The van der Waals surface area contributed by atoms with E-state index in [0.717, 1.165) is 31.9 Å². The lowest BCUT2D eigenvalue weighted by Gasteiger charge is -2.12. The maximum atomic E-state index is 9.10. The number of ether oxygens (including phenoxy) is 3. The van der Waals surface area contributed by atoms with E-state index in [4.69, 9.17) is 34.0 Å². The minimum Gasteiger partial charge on any atom is -0.491 e. The van der Waals surface area contributed by atoms with Crippen LogP contribution >= 0.6 is 0 Å². The molecule has 0 saturated carbocycles. The van der Waals surface area contributed by atoms with Crippen molar-refractivity contribution in [2.24, 2.45) is 0 Å². The Hall–Kier alpha value is -2.16. The predicted molar refractivity (Wildman–Crippen MR) is 106 cm³/mol. The first-order chi connectivity index (χ1) is 13.3. The Kier molecular flexibility index (Phi) is 14.6. The van der Waals surface area contributed by atoms with Crippen LogP contribution in [0.15, 0.2) is 18.2 Å². The lowest BCUT2D eigenvalue weighted by molar-refractivity contribution is -0.159. The van der Waals surface area contributed by atoms with Crippen molar-refractivity contribution in [3.05, 3.63) is 29.3 Å². The Labute approximate surface area is 166 Å². The molecule has 0 heterocycles. The summed E-state index contributed by atoms with van der Waals surface area (Å²) in [4.78, 5) is 18.2. The third-order valence-electron chi connectivity index (χ3n) is 3.67. The number of aryl methyl sites for hydroxylation is 1. The molecule has 0 aliphatic rings. The molecule has 0 amide bonds. The molecule has 1 aromatic carbocycles. The van der Waals surface area contributed by atoms with Gasteiger partial charge in [0.2, 0.25) is 0 Å². The second kappa shape index (κ2) is 15.9. The van der Waals surface area contributed by atoms with Crippen LogP contribution in [0.3, 0.4) is 0 Å². The molecule has 0 unspecified atom stereocenters. The van der Waals surface area contributed by atoms with Gasteiger partial charge in [0.15, 0.2) is 0 Å². The maximum Gasteiger partial charge on any atom is 0.414 e. The van der Waals surface area contributed by atoms with E-state index < -0.39 is 11.9 Å². The molecule has 0 aliphatic heterocycles. The van der Waals surface area contributed by atoms with Gasteiger partial charge in [-0.1, -0.05) is 19.9 Å². The molecular formula is C20H33NO7. The molecule has 0 saturated heterocycles. The van der Waals surface area contributed by atoms with Crippen molar-refractivity contribution in [2.75, 3.05) is 46.6 Å². The van der Waals surface area contributed by atoms with E-state index in [1.54, 1.807) is 7.11 Å². The molecular weight excluding hydrogens is 366 g/mol. The van der Waals surface area contributed by atoms with Crippen LogP contribution in [0, 0.1) is 6.92 Å². The number of aliphatic carboxylic acids is 2. The number of carboxylic acid groups (broad SMARTS) is 2. The maximum absolute atomic E-state index is 9.10. The van der Waals surface area contributed by atoms with Crippen LogP contribution in [-0.4, -0.2) is 68.8 Å². The van der Waals surface area contributed by atoms with Gasteiger partial charge in [-0.3, -0.25) is 0 Å². The van der Waals surface area contributed by atoms with E-state index >= 15 is 0 Å². The van der Waals surface area contributed by atoms with Crippen LogP contribution in [0.2, 0.25) is 0 Å². The fourth-order valence-electron chi connectivity index (χ4n) is 2.32. The minimum absolute atomic E-state index is 0.550. The van der Waals surface area contributed by atoms with Gasteiger partial charge in [-0.15, -0.1) is 0 Å². The highest BCUT2D eigenvalue weighted by atomic mass is 16.5. The van der Waals surface area contributed by atoms with E-state index in [1.165, 1.54) is 11.1 Å². The number of hydrogen-bond donors (Lipinski definition) is 3. The van der Waals surface area contributed by atoms with Crippen molar-refractivity contribution in [3.8, 4) is 5.75 Å². The van der Waals surface area contributed by atoms with Gasteiger partial charge < -0.3 is 29.7 Å². The van der Waals surface area contributed by atoms with Crippen LogP contribution in [0.5, 0.6) is 5.75 Å². The molecule has 3 N–H and O–H groups in total. The van der Waals surface area contributed by atoms with Crippen molar-refractivity contribution >= 4 is 11.9 Å². The first-order valence-corrected chi connectivity index (χ1v) is 9.26. The third kappa shape index (κ3) is 13.1. The number of nitrogens with one attached hydrogen (secondary N) is 1. The molecule has 0 fully saturated rings. The first kappa shape index (κ1) is 25.8. The predicted octanol–water partition coefficient (Wildman–Crippen LogP) is 2.30. The molecule has 0 aromatic heterocycles. The van der Waals surface area contributed by atoms with Gasteiger partial charge in [-0.2, -0.15) is 0 Å². The third-order valence-corrected chi connectivity index (χ3v) is 3.67. The zero-order valence-corrected chi connectivity index (χ0v) is 17.2. The van der Waals surface area contributed by atoms with Gasteiger partial charge in [0.1, 0.15) is 12.4 Å². The summed E-state index contributed by atoms with van der Waals surface area (Å²) in [7, 11) is 1.72. The molecule has 1 aromatic rings. The van der Waals surface area contributed by atoms with Crippen molar-refractivity contribution in [2.45, 2.75) is 33.1 Å². The number of benzene rings is 1. The standard InChI is InChI=1S/C18H31NO3.C2H2O4/c1-15(2)18-7-6-17(14-16(18)3)22-13-12-21-11-9-19-8-5-10-20-4;3-1(4)2(5)6/h6-7,14-15,19H,5,8-13H2,1-4H3;(H,3,4)(H,5,6). The SMILES string of the molecule is COCCCNCCOCCOc1ccc(C(C)C)c(C)c1.O=C(O)C(=O)O. The number of carboxylic acids is 2. The Morgan fingerprint density at radius 1 is 1.04 bits per heavy atom. The summed E-state index contributed by atoms with van der Waals surface area (Å²) in [6, 6.07) is 6.30. The Morgan fingerprint density at radius 3 is 2.25 bits per heavy atom. The summed E-state index contributed by atoms with van der Waals surface area (Å²) in [6.07, 6.45) is 1.03. The average Bonchev–Trinajstić information content (AvgIpc) is 2.63. The van der Waals surface area contributed by atoms with Gasteiger partial charge in [0, 0.05) is 20.3 Å². The van der Waals surface area contributed by atoms with Crippen molar-refractivity contribution in [3.63, 3.8) is 0 Å². The summed E-state index contributed by atoms with van der Waals surface area (Å²) < 4.78 is 16.2. The summed E-state index contributed by atoms with van der Waals surface area (Å²) in [6.45, 7) is 11.1. The fraction of sp³-hybridized carbons (Fsp3) is 0.600. The molecule has 0 radical (unpaired) electrons. The largest absolute Gasteiger partial charge is 0.491 e. The molecule has 0 aliphatic carbocycles. The quantitative estimate of drug-likeness (QED) is 0.362. The van der Waals surface area contributed by atoms with E-state index in [2.05, 4.69) is 38.2 Å². The van der Waals surface area contributed by atoms with E-state index in [9.17, 15) is 0 Å². The van der Waals surface area contributed by atoms with E-state index in [1.807, 2.05) is 6.07 Å². The molecule has 1 rings (SSSR count). The minimum atomic E-state index is -1.82. The molecule has 0 spiro atoms. The summed E-state index contributed by atoms with van der Waals surface area (Å²) >= 11 is 0. The Morgan fingerprint density at radius 2 is 1.71 bits per heavy atom. The molecule has 0 atom stereocenters. The second-order valence-electron chi connectivity index (χ2n) is 6.34. The van der Waals surface area contributed by atoms with Crippen LogP contribution in [0.25, 0.3) is 0 Å². The van der Waals surface area contributed by atoms with Crippen LogP contribution < -0.4 is 10.1 Å². The highest BCUT2D eigenvalue weighted by molar-refractivity contribution is 6.27. The van der Waals surface area contributed by atoms with E-state index in [-0.39, 0.29) is 0 Å². The average molecular weight is 399 g/mol. The van der Waals surface area contributed by atoms with Gasteiger partial charge in [0.05, 0.1) is 13.2 Å². The summed E-state index contributed by atoms with van der Waals surface area (Å²) in [5.74, 6) is -2.18. The lowest BCUT2D eigenvalue weighted by Crippen LogP contribution is -2.22. The van der Waals surface area contributed by atoms with Crippen molar-refractivity contribution in [1.29, 1.82) is 0 Å². The zero-order chi connectivity index (χ0) is 21.4. The van der Waals surface area contributed by atoms with Crippen LogP contribution in [0.4, 0.5) is 0 Å². The first-order valence-electron chi connectivity index (χ1n) is 9.26. The Balaban J connectivity index is 0.00000105. The van der Waals surface area contributed by atoms with Gasteiger partial charge >= 0.3 is 11.9 Å².